The molecular formula is C16H16N4O3. The van der Waals surface area contributed by atoms with Crippen LogP contribution in [0.2, 0.25) is 0 Å². The molecule has 7 nitrogen and oxygen atoms in total. The van der Waals surface area contributed by atoms with E-state index in [9.17, 15) is 14.4 Å². The highest BCUT2D eigenvalue weighted by atomic mass is 16.2. The van der Waals surface area contributed by atoms with E-state index in [1.807, 2.05) is 0 Å². The van der Waals surface area contributed by atoms with E-state index in [-0.39, 0.29) is 5.91 Å². The molecule has 2 rings (SSSR count). The Balaban J connectivity index is 2.02. The van der Waals surface area contributed by atoms with Crippen LogP contribution in [0.25, 0.3) is 0 Å². The number of rotatable bonds is 3. The molecule has 3 amide bonds. The van der Waals surface area contributed by atoms with Crippen molar-refractivity contribution in [3.05, 3.63) is 48.2 Å². The summed E-state index contributed by atoms with van der Waals surface area (Å²) in [7, 11) is 0. The summed E-state index contributed by atoms with van der Waals surface area (Å²) in [5, 5.41) is 7.50. The van der Waals surface area contributed by atoms with E-state index in [4.69, 9.17) is 0 Å². The first-order valence-electron chi connectivity index (χ1n) is 6.87. The first-order valence-corrected chi connectivity index (χ1v) is 6.87. The molecule has 23 heavy (non-hydrogen) atoms. The first-order chi connectivity index (χ1) is 11.0. The summed E-state index contributed by atoms with van der Waals surface area (Å²) in [5.74, 6) is -1.54. The summed E-state index contributed by atoms with van der Waals surface area (Å²) in [4.78, 5) is 38.8. The largest absolute Gasteiger partial charge is 0.326 e. The Morgan fingerprint density at radius 3 is 2.22 bits per heavy atom. The van der Waals surface area contributed by atoms with Crippen molar-refractivity contribution in [3.63, 3.8) is 0 Å². The predicted octanol–water partition coefficient (Wildman–Crippen LogP) is 1.93. The molecule has 0 aliphatic rings. The van der Waals surface area contributed by atoms with Crippen LogP contribution in [0.15, 0.2) is 42.6 Å². The second kappa shape index (κ2) is 7.17. The van der Waals surface area contributed by atoms with Gasteiger partial charge in [0.1, 0.15) is 5.82 Å². The summed E-state index contributed by atoms with van der Waals surface area (Å²) >= 11 is 0. The smallest absolute Gasteiger partial charge is 0.315 e. The lowest BCUT2D eigenvalue weighted by Crippen LogP contribution is -2.29. The maximum atomic E-state index is 11.9. The van der Waals surface area contributed by atoms with Gasteiger partial charge in [-0.2, -0.15) is 0 Å². The molecule has 2 aromatic rings. The second-order valence-electron chi connectivity index (χ2n) is 4.84. The number of anilines is 3. The van der Waals surface area contributed by atoms with Gasteiger partial charge in [0.25, 0.3) is 0 Å². The van der Waals surface area contributed by atoms with Gasteiger partial charge in [0.2, 0.25) is 5.91 Å². The number of carbonyl (C=O) groups excluding carboxylic acids is 3. The number of amides is 3. The zero-order valence-electron chi connectivity index (χ0n) is 12.7. The van der Waals surface area contributed by atoms with Gasteiger partial charge >= 0.3 is 11.8 Å². The Morgan fingerprint density at radius 2 is 1.57 bits per heavy atom. The molecule has 7 heteroatoms. The number of aromatic nitrogens is 1. The highest BCUT2D eigenvalue weighted by molar-refractivity contribution is 6.43. The van der Waals surface area contributed by atoms with E-state index in [1.54, 1.807) is 43.3 Å². The van der Waals surface area contributed by atoms with Gasteiger partial charge < -0.3 is 16.0 Å². The number of nitrogens with zero attached hydrogens (tertiary/aromatic N) is 1. The van der Waals surface area contributed by atoms with Gasteiger partial charge in [0.05, 0.1) is 0 Å². The minimum atomic E-state index is -0.824. The van der Waals surface area contributed by atoms with Crippen LogP contribution in [0.1, 0.15) is 12.5 Å². The van der Waals surface area contributed by atoms with E-state index >= 15 is 0 Å². The van der Waals surface area contributed by atoms with Crippen LogP contribution in [-0.4, -0.2) is 22.7 Å². The van der Waals surface area contributed by atoms with Crippen LogP contribution < -0.4 is 16.0 Å². The standard InChI is InChI=1S/C16H16N4O3/c1-10-5-4-8-17-14(10)20-16(23)15(22)19-13-7-3-6-12(9-13)18-11(2)21/h3-9H,1-2H3,(H,18,21)(H,19,22)(H,17,20,23). The highest BCUT2D eigenvalue weighted by Gasteiger charge is 2.15. The van der Waals surface area contributed by atoms with Crippen molar-refractivity contribution in [1.82, 2.24) is 4.98 Å². The maximum Gasteiger partial charge on any atom is 0.315 e. The third kappa shape index (κ3) is 4.63. The van der Waals surface area contributed by atoms with Crippen LogP contribution >= 0.6 is 0 Å². The van der Waals surface area contributed by atoms with Crippen molar-refractivity contribution in [3.8, 4) is 0 Å². The third-order valence-corrected chi connectivity index (χ3v) is 2.89. The average molecular weight is 312 g/mol. The molecule has 0 saturated heterocycles. The molecule has 0 unspecified atom stereocenters. The van der Waals surface area contributed by atoms with Crippen molar-refractivity contribution >= 4 is 34.9 Å². The molecule has 1 aromatic carbocycles. The first kappa shape index (κ1) is 16.2. The molecule has 0 atom stereocenters. The van der Waals surface area contributed by atoms with Crippen LogP contribution in [-0.2, 0) is 14.4 Å². The Labute approximate surface area is 133 Å². The van der Waals surface area contributed by atoms with Crippen molar-refractivity contribution in [2.45, 2.75) is 13.8 Å². The van der Waals surface area contributed by atoms with Crippen molar-refractivity contribution in [1.29, 1.82) is 0 Å². The number of aryl methyl sites for hydroxylation is 1. The molecule has 0 aliphatic carbocycles. The van der Waals surface area contributed by atoms with Crippen molar-refractivity contribution in [2.24, 2.45) is 0 Å². The fraction of sp³-hybridized carbons (Fsp3) is 0.125. The molecule has 0 spiro atoms. The molecule has 1 heterocycles. The minimum absolute atomic E-state index is 0.225. The predicted molar refractivity (Wildman–Crippen MR) is 87.0 cm³/mol. The maximum absolute atomic E-state index is 11.9. The van der Waals surface area contributed by atoms with Gasteiger partial charge in [0, 0.05) is 24.5 Å². The number of hydrogen-bond donors (Lipinski definition) is 3. The van der Waals surface area contributed by atoms with Gasteiger partial charge in [-0.05, 0) is 36.8 Å². The van der Waals surface area contributed by atoms with Gasteiger partial charge in [-0.25, -0.2) is 4.98 Å². The van der Waals surface area contributed by atoms with Crippen LogP contribution in [0.5, 0.6) is 0 Å². The second-order valence-corrected chi connectivity index (χ2v) is 4.84. The lowest BCUT2D eigenvalue weighted by molar-refractivity contribution is -0.133. The molecule has 0 aliphatic heterocycles. The lowest BCUT2D eigenvalue weighted by atomic mass is 10.2. The van der Waals surface area contributed by atoms with Gasteiger partial charge in [-0.1, -0.05) is 12.1 Å². The van der Waals surface area contributed by atoms with E-state index in [2.05, 4.69) is 20.9 Å². The summed E-state index contributed by atoms with van der Waals surface area (Å²) < 4.78 is 0. The normalized spacial score (nSPS) is 9.83. The van der Waals surface area contributed by atoms with Crippen LogP contribution in [0, 0.1) is 6.92 Å². The molecule has 118 valence electrons. The summed E-state index contributed by atoms with van der Waals surface area (Å²) in [6.45, 7) is 3.16. The molecule has 0 bridgehead atoms. The summed E-state index contributed by atoms with van der Waals surface area (Å²) in [6.07, 6.45) is 1.53. The Hall–Kier alpha value is -3.22. The minimum Gasteiger partial charge on any atom is -0.326 e. The zero-order chi connectivity index (χ0) is 16.8. The van der Waals surface area contributed by atoms with E-state index < -0.39 is 11.8 Å². The zero-order valence-corrected chi connectivity index (χ0v) is 12.7. The van der Waals surface area contributed by atoms with Gasteiger partial charge in [-0.15, -0.1) is 0 Å². The Kier molecular flexibility index (Phi) is 5.03. The molecule has 0 radical (unpaired) electrons. The molecular weight excluding hydrogens is 296 g/mol. The Morgan fingerprint density at radius 1 is 0.913 bits per heavy atom. The van der Waals surface area contributed by atoms with Gasteiger partial charge in [-0.3, -0.25) is 14.4 Å². The van der Waals surface area contributed by atoms with Gasteiger partial charge in [0.15, 0.2) is 0 Å². The SMILES string of the molecule is CC(=O)Nc1cccc(NC(=O)C(=O)Nc2ncccc2C)c1. The number of hydrogen-bond acceptors (Lipinski definition) is 4. The Bertz CT molecular complexity index is 758. The quantitative estimate of drug-likeness (QED) is 0.754. The molecule has 0 fully saturated rings. The molecule has 3 N–H and O–H groups in total. The van der Waals surface area contributed by atoms with Crippen molar-refractivity contribution in [2.75, 3.05) is 16.0 Å². The van der Waals surface area contributed by atoms with E-state index in [0.717, 1.165) is 5.56 Å². The van der Waals surface area contributed by atoms with Crippen molar-refractivity contribution < 1.29 is 14.4 Å². The van der Waals surface area contributed by atoms with E-state index in [1.165, 1.54) is 13.1 Å². The third-order valence-electron chi connectivity index (χ3n) is 2.89. The number of benzene rings is 1. The van der Waals surface area contributed by atoms with E-state index in [0.29, 0.717) is 17.2 Å². The lowest BCUT2D eigenvalue weighted by Gasteiger charge is -2.09. The molecule has 0 saturated carbocycles. The fourth-order valence-electron chi connectivity index (χ4n) is 1.85. The van der Waals surface area contributed by atoms with Crippen LogP contribution in [0.3, 0.4) is 0 Å². The summed E-state index contributed by atoms with van der Waals surface area (Å²) in [5.41, 5.74) is 1.67. The number of carbonyl (C=O) groups is 3. The molecule has 1 aromatic heterocycles. The highest BCUT2D eigenvalue weighted by Crippen LogP contribution is 2.15. The topological polar surface area (TPSA) is 100 Å². The number of pyridine rings is 1. The fourth-order valence-corrected chi connectivity index (χ4v) is 1.85. The number of nitrogens with one attached hydrogen (secondary N) is 3. The van der Waals surface area contributed by atoms with Crippen LogP contribution in [0.4, 0.5) is 17.2 Å². The summed E-state index contributed by atoms with van der Waals surface area (Å²) in [6, 6.07) is 10.0. The average Bonchev–Trinajstić information content (AvgIpc) is 2.49. The monoisotopic (exact) mass is 312 g/mol.